The molecule has 0 fully saturated rings. The lowest BCUT2D eigenvalue weighted by Gasteiger charge is -2.25. The van der Waals surface area contributed by atoms with Crippen LogP contribution in [0.15, 0.2) is 76.5 Å². The number of hydrogen-bond donors (Lipinski definition) is 2. The normalized spacial score (nSPS) is 11.6. The van der Waals surface area contributed by atoms with Crippen LogP contribution in [0.1, 0.15) is 11.1 Å². The van der Waals surface area contributed by atoms with Gasteiger partial charge in [0.25, 0.3) is 10.0 Å². The number of benzene rings is 3. The van der Waals surface area contributed by atoms with Crippen LogP contribution < -0.4 is 24.2 Å². The standard InChI is InChI=1S/C24H27N3O7S2/c1-17-7-12-22(34-3)23(13-17)36(31,32)27(19-5-4-6-20(14-19)33-2)16-24(28)26-15-18-8-10-21(11-9-18)35(25,29)30/h4-14H,15-16H2,1-3H3,(H,26,28)(H2,25,29,30). The summed E-state index contributed by atoms with van der Waals surface area (Å²) in [6, 6.07) is 16.8. The first kappa shape index (κ1) is 27.0. The lowest BCUT2D eigenvalue weighted by atomic mass is 10.2. The third-order valence-corrected chi connectivity index (χ3v) is 7.98. The zero-order chi connectivity index (χ0) is 26.5. The summed E-state index contributed by atoms with van der Waals surface area (Å²) >= 11 is 0. The summed E-state index contributed by atoms with van der Waals surface area (Å²) < 4.78 is 61.8. The van der Waals surface area contributed by atoms with E-state index in [0.29, 0.717) is 16.9 Å². The molecule has 0 radical (unpaired) electrons. The number of nitrogens with zero attached hydrogens (tertiary/aromatic N) is 1. The molecule has 0 saturated carbocycles. The molecule has 0 unspecified atom stereocenters. The highest BCUT2D eigenvalue weighted by molar-refractivity contribution is 7.93. The van der Waals surface area contributed by atoms with Gasteiger partial charge in [0.15, 0.2) is 0 Å². The first-order valence-electron chi connectivity index (χ1n) is 10.7. The molecule has 192 valence electrons. The number of rotatable bonds is 10. The summed E-state index contributed by atoms with van der Waals surface area (Å²) in [4.78, 5) is 12.7. The van der Waals surface area contributed by atoms with Gasteiger partial charge in [-0.1, -0.05) is 24.3 Å². The zero-order valence-corrected chi connectivity index (χ0v) is 21.6. The number of anilines is 1. The first-order chi connectivity index (χ1) is 17.0. The van der Waals surface area contributed by atoms with Gasteiger partial charge in [0, 0.05) is 12.6 Å². The number of sulfonamides is 2. The SMILES string of the molecule is COc1cccc(N(CC(=O)NCc2ccc(S(N)(=O)=O)cc2)S(=O)(=O)c2cc(C)ccc2OC)c1. The molecule has 1 amide bonds. The number of amides is 1. The molecule has 0 spiro atoms. The van der Waals surface area contributed by atoms with E-state index in [1.54, 1.807) is 37.3 Å². The molecule has 0 heterocycles. The van der Waals surface area contributed by atoms with Crippen molar-refractivity contribution in [1.29, 1.82) is 0 Å². The number of nitrogens with two attached hydrogens (primary N) is 1. The highest BCUT2D eigenvalue weighted by Crippen LogP contribution is 2.32. The van der Waals surface area contributed by atoms with E-state index >= 15 is 0 Å². The van der Waals surface area contributed by atoms with Crippen molar-refractivity contribution < 1.29 is 31.1 Å². The summed E-state index contributed by atoms with van der Waals surface area (Å²) in [7, 11) is -5.25. The number of methoxy groups -OCH3 is 2. The molecule has 0 aromatic heterocycles. The van der Waals surface area contributed by atoms with Gasteiger partial charge < -0.3 is 14.8 Å². The van der Waals surface area contributed by atoms with E-state index in [1.807, 2.05) is 0 Å². The molecule has 3 rings (SSSR count). The maximum absolute atomic E-state index is 13.8. The van der Waals surface area contributed by atoms with Crippen LogP contribution in [0.4, 0.5) is 5.69 Å². The van der Waals surface area contributed by atoms with E-state index in [9.17, 15) is 21.6 Å². The second-order valence-corrected chi connectivity index (χ2v) is 11.2. The number of carbonyl (C=O) groups excluding carboxylic acids is 1. The topological polar surface area (TPSA) is 145 Å². The van der Waals surface area contributed by atoms with Crippen LogP contribution >= 0.6 is 0 Å². The second-order valence-electron chi connectivity index (χ2n) is 7.83. The molecule has 3 aromatic carbocycles. The molecular formula is C24H27N3O7S2. The van der Waals surface area contributed by atoms with E-state index < -0.39 is 32.5 Å². The second kappa shape index (κ2) is 11.0. The molecule has 0 atom stereocenters. The minimum absolute atomic E-state index is 0.0451. The maximum Gasteiger partial charge on any atom is 0.268 e. The monoisotopic (exact) mass is 533 g/mol. The van der Waals surface area contributed by atoms with Crippen LogP contribution in [0.5, 0.6) is 11.5 Å². The number of carbonyl (C=O) groups is 1. The van der Waals surface area contributed by atoms with E-state index in [4.69, 9.17) is 14.6 Å². The molecule has 0 saturated heterocycles. The van der Waals surface area contributed by atoms with Crippen molar-refractivity contribution in [3.8, 4) is 11.5 Å². The number of aryl methyl sites for hydroxylation is 1. The van der Waals surface area contributed by atoms with Gasteiger partial charge >= 0.3 is 0 Å². The van der Waals surface area contributed by atoms with E-state index in [-0.39, 0.29) is 27.8 Å². The lowest BCUT2D eigenvalue weighted by molar-refractivity contribution is -0.119. The van der Waals surface area contributed by atoms with Gasteiger partial charge in [-0.15, -0.1) is 0 Å². The quantitative estimate of drug-likeness (QED) is 0.406. The Morgan fingerprint density at radius 3 is 2.25 bits per heavy atom. The predicted octanol–water partition coefficient (Wildman–Crippen LogP) is 2.17. The van der Waals surface area contributed by atoms with Crippen molar-refractivity contribution in [1.82, 2.24) is 5.32 Å². The number of primary sulfonamides is 1. The molecule has 3 aromatic rings. The molecular weight excluding hydrogens is 506 g/mol. The van der Waals surface area contributed by atoms with Crippen molar-refractivity contribution in [3.05, 3.63) is 77.9 Å². The Balaban J connectivity index is 1.91. The van der Waals surface area contributed by atoms with Crippen LogP contribution in [0.2, 0.25) is 0 Å². The van der Waals surface area contributed by atoms with Crippen LogP contribution in [0.25, 0.3) is 0 Å². The zero-order valence-electron chi connectivity index (χ0n) is 20.0. The third kappa shape index (κ3) is 6.33. The molecule has 0 aliphatic carbocycles. The largest absolute Gasteiger partial charge is 0.497 e. The average molecular weight is 534 g/mol. The highest BCUT2D eigenvalue weighted by atomic mass is 32.2. The summed E-state index contributed by atoms with van der Waals surface area (Å²) in [6.07, 6.45) is 0. The molecule has 10 nitrogen and oxygen atoms in total. The third-order valence-electron chi connectivity index (χ3n) is 5.26. The fraction of sp³-hybridized carbons (Fsp3) is 0.208. The van der Waals surface area contributed by atoms with E-state index in [0.717, 1.165) is 4.31 Å². The molecule has 12 heteroatoms. The molecule has 0 aliphatic heterocycles. The Bertz CT molecular complexity index is 1460. The van der Waals surface area contributed by atoms with Gasteiger partial charge in [-0.3, -0.25) is 9.10 Å². The Morgan fingerprint density at radius 1 is 0.944 bits per heavy atom. The number of hydrogen-bond acceptors (Lipinski definition) is 7. The fourth-order valence-electron chi connectivity index (χ4n) is 3.37. The van der Waals surface area contributed by atoms with E-state index in [1.165, 1.54) is 50.6 Å². The van der Waals surface area contributed by atoms with Gasteiger partial charge in [-0.2, -0.15) is 0 Å². The van der Waals surface area contributed by atoms with Gasteiger partial charge in [0.05, 0.1) is 24.8 Å². The summed E-state index contributed by atoms with van der Waals surface area (Å²) in [5.74, 6) is -0.0216. The minimum Gasteiger partial charge on any atom is -0.497 e. The van der Waals surface area contributed by atoms with Crippen molar-refractivity contribution in [2.75, 3.05) is 25.1 Å². The molecule has 3 N–H and O–H groups in total. The van der Waals surface area contributed by atoms with Gasteiger partial charge in [-0.25, -0.2) is 22.0 Å². The lowest BCUT2D eigenvalue weighted by Crippen LogP contribution is -2.40. The fourth-order valence-corrected chi connectivity index (χ4v) is 5.54. The van der Waals surface area contributed by atoms with Crippen LogP contribution in [0, 0.1) is 6.92 Å². The first-order valence-corrected chi connectivity index (χ1v) is 13.6. The van der Waals surface area contributed by atoms with Gasteiger partial charge in [0.2, 0.25) is 15.9 Å². The molecule has 0 bridgehead atoms. The van der Waals surface area contributed by atoms with Crippen LogP contribution in [-0.4, -0.2) is 43.5 Å². The summed E-state index contributed by atoms with van der Waals surface area (Å²) in [5, 5.41) is 7.76. The molecule has 36 heavy (non-hydrogen) atoms. The van der Waals surface area contributed by atoms with Crippen molar-refractivity contribution >= 4 is 31.6 Å². The number of ether oxygens (including phenoxy) is 2. The Hall–Kier alpha value is -3.61. The summed E-state index contributed by atoms with van der Waals surface area (Å²) in [5.41, 5.74) is 1.53. The predicted molar refractivity (Wildman–Crippen MR) is 135 cm³/mol. The maximum atomic E-state index is 13.8. The molecule has 0 aliphatic rings. The van der Waals surface area contributed by atoms with Crippen LogP contribution in [0.3, 0.4) is 0 Å². The summed E-state index contributed by atoms with van der Waals surface area (Å²) in [6.45, 7) is 1.27. The Morgan fingerprint density at radius 2 is 1.64 bits per heavy atom. The van der Waals surface area contributed by atoms with Gasteiger partial charge in [0.1, 0.15) is 22.9 Å². The Kier molecular flexibility index (Phi) is 8.23. The van der Waals surface area contributed by atoms with Crippen LogP contribution in [-0.2, 0) is 31.4 Å². The smallest absolute Gasteiger partial charge is 0.268 e. The highest BCUT2D eigenvalue weighted by Gasteiger charge is 2.30. The van der Waals surface area contributed by atoms with Crippen molar-refractivity contribution in [2.24, 2.45) is 5.14 Å². The van der Waals surface area contributed by atoms with Crippen molar-refractivity contribution in [3.63, 3.8) is 0 Å². The number of nitrogens with one attached hydrogen (secondary N) is 1. The van der Waals surface area contributed by atoms with Crippen molar-refractivity contribution in [2.45, 2.75) is 23.3 Å². The average Bonchev–Trinajstić information content (AvgIpc) is 2.85. The minimum atomic E-state index is -4.23. The Labute approximate surface area is 210 Å². The van der Waals surface area contributed by atoms with Gasteiger partial charge in [-0.05, 0) is 54.4 Å². The van der Waals surface area contributed by atoms with E-state index in [2.05, 4.69) is 5.32 Å².